The van der Waals surface area contributed by atoms with Gasteiger partial charge in [0.25, 0.3) is 0 Å². The van der Waals surface area contributed by atoms with Gasteiger partial charge in [0.1, 0.15) is 6.10 Å². The molecule has 1 aromatic carbocycles. The van der Waals surface area contributed by atoms with Crippen LogP contribution in [0.25, 0.3) is 0 Å². The van der Waals surface area contributed by atoms with E-state index >= 15 is 0 Å². The van der Waals surface area contributed by atoms with E-state index in [-0.39, 0.29) is 24.5 Å². The first-order valence-corrected chi connectivity index (χ1v) is 7.78. The highest BCUT2D eigenvalue weighted by Gasteiger charge is 2.31. The highest BCUT2D eigenvalue weighted by atomic mass is 35.5. The third kappa shape index (κ3) is 3.83. The van der Waals surface area contributed by atoms with Gasteiger partial charge in [0.2, 0.25) is 5.91 Å². The summed E-state index contributed by atoms with van der Waals surface area (Å²) in [6, 6.07) is 5.41. The Balaban J connectivity index is 1.60. The van der Waals surface area contributed by atoms with E-state index in [1.165, 1.54) is 0 Å². The van der Waals surface area contributed by atoms with E-state index in [1.807, 2.05) is 19.1 Å². The number of carbonyl (C=O) groups is 1. The second kappa shape index (κ2) is 7.02. The zero-order valence-corrected chi connectivity index (χ0v) is 13.5. The average Bonchev–Trinajstić information content (AvgIpc) is 3.16. The average molecular weight is 336 g/mol. The number of rotatable bonds is 5. The topological polar surface area (TPSA) is 76.2 Å². The summed E-state index contributed by atoms with van der Waals surface area (Å²) in [6.45, 7) is 2.80. The van der Waals surface area contributed by atoms with Gasteiger partial charge < -0.3 is 14.8 Å². The number of carbonyl (C=O) groups excluding carboxylic acids is 1. The first-order chi connectivity index (χ1) is 11.1. The van der Waals surface area contributed by atoms with Crippen molar-refractivity contribution in [3.63, 3.8) is 0 Å². The lowest BCUT2D eigenvalue weighted by Gasteiger charge is -2.20. The fourth-order valence-corrected chi connectivity index (χ4v) is 2.86. The number of nitrogens with one attached hydrogen (secondary N) is 2. The van der Waals surface area contributed by atoms with Crippen molar-refractivity contribution in [2.45, 2.75) is 25.5 Å². The fraction of sp³-hybridized carbons (Fsp3) is 0.375. The highest BCUT2D eigenvalue weighted by molar-refractivity contribution is 6.31. The minimum Gasteiger partial charge on any atom is -0.482 e. The smallest absolute Gasteiger partial charge is 0.224 e. The lowest BCUT2D eigenvalue weighted by molar-refractivity contribution is -0.121. The molecule has 0 bridgehead atoms. The number of aryl methyl sites for hydroxylation is 1. The Morgan fingerprint density at radius 2 is 2.39 bits per heavy atom. The van der Waals surface area contributed by atoms with Crippen LogP contribution in [0.2, 0.25) is 5.02 Å². The van der Waals surface area contributed by atoms with E-state index in [9.17, 15) is 4.79 Å². The second-order valence-electron chi connectivity index (χ2n) is 5.51. The van der Waals surface area contributed by atoms with Crippen LogP contribution in [0.15, 0.2) is 30.6 Å². The minimum absolute atomic E-state index is 0.0995. The molecule has 1 aliphatic rings. The normalized spacial score (nSPS) is 20.4. The molecule has 0 saturated carbocycles. The van der Waals surface area contributed by atoms with Gasteiger partial charge in [-0.15, -0.1) is 0 Å². The molecule has 0 unspecified atom stereocenters. The summed E-state index contributed by atoms with van der Waals surface area (Å²) in [5, 5.41) is 10.1. The van der Waals surface area contributed by atoms with Gasteiger partial charge in [-0.25, -0.2) is 0 Å². The van der Waals surface area contributed by atoms with Gasteiger partial charge in [-0.05, 0) is 24.1 Å². The van der Waals surface area contributed by atoms with Crippen LogP contribution >= 0.6 is 11.6 Å². The standard InChI is InChI=1S/C16H18ClN3O3/c1-10-3-2-4-13(17)12(10)5-16(21)20-14-8-22-9-15(14)23-11-6-18-19-7-11/h2-4,6-7,14-15H,5,8-9H2,1H3,(H,18,19)(H,20,21)/t14-,15+/m0/s1. The molecule has 2 N–H and O–H groups in total. The molecule has 0 aliphatic carbocycles. The molecular weight excluding hydrogens is 318 g/mol. The number of benzene rings is 1. The van der Waals surface area contributed by atoms with Crippen LogP contribution in [0.3, 0.4) is 0 Å². The van der Waals surface area contributed by atoms with Crippen molar-refractivity contribution in [3.05, 3.63) is 46.7 Å². The number of ether oxygens (including phenoxy) is 2. The van der Waals surface area contributed by atoms with Crippen molar-refractivity contribution in [2.24, 2.45) is 0 Å². The monoisotopic (exact) mass is 335 g/mol. The van der Waals surface area contributed by atoms with Crippen molar-refractivity contribution in [1.29, 1.82) is 0 Å². The van der Waals surface area contributed by atoms with Gasteiger partial charge in [0, 0.05) is 5.02 Å². The third-order valence-electron chi connectivity index (χ3n) is 3.83. The largest absolute Gasteiger partial charge is 0.482 e. The Hall–Kier alpha value is -2.05. The summed E-state index contributed by atoms with van der Waals surface area (Å²) >= 11 is 6.17. The Labute approximate surface area is 139 Å². The summed E-state index contributed by atoms with van der Waals surface area (Å²) in [4.78, 5) is 12.3. The number of aromatic amines is 1. The minimum atomic E-state index is -0.233. The lowest BCUT2D eigenvalue weighted by atomic mass is 10.0. The molecule has 2 atom stereocenters. The van der Waals surface area contributed by atoms with Crippen molar-refractivity contribution in [2.75, 3.05) is 13.2 Å². The van der Waals surface area contributed by atoms with Crippen molar-refractivity contribution in [1.82, 2.24) is 15.5 Å². The number of aromatic nitrogens is 2. The number of H-pyrrole nitrogens is 1. The number of nitrogens with zero attached hydrogens (tertiary/aromatic N) is 1. The first kappa shape index (κ1) is 15.8. The number of amides is 1. The number of hydrogen-bond acceptors (Lipinski definition) is 4. The van der Waals surface area contributed by atoms with Gasteiger partial charge in [0.15, 0.2) is 5.75 Å². The summed E-state index contributed by atoms with van der Waals surface area (Å²) in [5.74, 6) is 0.527. The zero-order chi connectivity index (χ0) is 16.2. The zero-order valence-electron chi connectivity index (χ0n) is 12.7. The molecule has 23 heavy (non-hydrogen) atoms. The maximum absolute atomic E-state index is 12.3. The molecule has 1 aromatic heterocycles. The molecule has 1 aliphatic heterocycles. The van der Waals surface area contributed by atoms with Crippen LogP contribution in [-0.4, -0.2) is 41.5 Å². The van der Waals surface area contributed by atoms with Gasteiger partial charge in [-0.1, -0.05) is 23.7 Å². The summed E-state index contributed by atoms with van der Waals surface area (Å²) < 4.78 is 11.2. The van der Waals surface area contributed by atoms with Gasteiger partial charge in [-0.2, -0.15) is 5.10 Å². The molecule has 1 amide bonds. The van der Waals surface area contributed by atoms with Crippen LogP contribution in [0.1, 0.15) is 11.1 Å². The van der Waals surface area contributed by atoms with Crippen molar-refractivity contribution in [3.8, 4) is 5.75 Å². The Bertz CT molecular complexity index is 655. The molecule has 1 fully saturated rings. The Kier molecular flexibility index (Phi) is 4.83. The summed E-state index contributed by atoms with van der Waals surface area (Å²) in [6.07, 6.45) is 3.25. The van der Waals surface area contributed by atoms with E-state index in [4.69, 9.17) is 21.1 Å². The molecule has 3 rings (SSSR count). The van der Waals surface area contributed by atoms with E-state index in [2.05, 4.69) is 15.5 Å². The van der Waals surface area contributed by atoms with Gasteiger partial charge in [0.05, 0.1) is 38.1 Å². The van der Waals surface area contributed by atoms with Crippen molar-refractivity contribution >= 4 is 17.5 Å². The Morgan fingerprint density at radius 3 is 3.13 bits per heavy atom. The van der Waals surface area contributed by atoms with Crippen LogP contribution < -0.4 is 10.1 Å². The maximum Gasteiger partial charge on any atom is 0.224 e. The molecular formula is C16H18ClN3O3. The maximum atomic E-state index is 12.3. The van der Waals surface area contributed by atoms with Crippen LogP contribution in [-0.2, 0) is 16.0 Å². The van der Waals surface area contributed by atoms with Crippen LogP contribution in [0, 0.1) is 6.92 Å². The molecule has 6 nitrogen and oxygen atoms in total. The van der Waals surface area contributed by atoms with E-state index < -0.39 is 0 Å². The molecule has 7 heteroatoms. The predicted octanol–water partition coefficient (Wildman–Crippen LogP) is 1.88. The van der Waals surface area contributed by atoms with E-state index in [0.717, 1.165) is 11.1 Å². The second-order valence-corrected chi connectivity index (χ2v) is 5.92. The predicted molar refractivity (Wildman–Crippen MR) is 85.6 cm³/mol. The molecule has 122 valence electrons. The van der Waals surface area contributed by atoms with Crippen LogP contribution in [0.4, 0.5) is 0 Å². The van der Waals surface area contributed by atoms with E-state index in [1.54, 1.807) is 18.5 Å². The van der Waals surface area contributed by atoms with Crippen molar-refractivity contribution < 1.29 is 14.3 Å². The van der Waals surface area contributed by atoms with Gasteiger partial charge >= 0.3 is 0 Å². The summed E-state index contributed by atoms with van der Waals surface area (Å²) in [7, 11) is 0. The Morgan fingerprint density at radius 1 is 1.52 bits per heavy atom. The molecule has 2 heterocycles. The third-order valence-corrected chi connectivity index (χ3v) is 4.18. The first-order valence-electron chi connectivity index (χ1n) is 7.40. The number of halogens is 1. The molecule has 1 saturated heterocycles. The molecule has 0 radical (unpaired) electrons. The quantitative estimate of drug-likeness (QED) is 0.874. The van der Waals surface area contributed by atoms with Gasteiger partial charge in [-0.3, -0.25) is 9.89 Å². The fourth-order valence-electron chi connectivity index (χ4n) is 2.57. The summed E-state index contributed by atoms with van der Waals surface area (Å²) in [5.41, 5.74) is 1.85. The lowest BCUT2D eigenvalue weighted by Crippen LogP contribution is -2.45. The number of hydrogen-bond donors (Lipinski definition) is 2. The molecule has 2 aromatic rings. The highest BCUT2D eigenvalue weighted by Crippen LogP contribution is 2.20. The molecule has 0 spiro atoms. The SMILES string of the molecule is Cc1cccc(Cl)c1CC(=O)N[C@H]1COC[C@H]1Oc1cn[nH]c1. The van der Waals surface area contributed by atoms with Crippen LogP contribution in [0.5, 0.6) is 5.75 Å². The van der Waals surface area contributed by atoms with E-state index in [0.29, 0.717) is 24.0 Å².